The Morgan fingerprint density at radius 1 is 1.27 bits per heavy atom. The molecule has 1 heterocycles. The summed E-state index contributed by atoms with van der Waals surface area (Å²) in [5, 5.41) is 3.57. The Labute approximate surface area is 94.2 Å². The fourth-order valence-electron chi connectivity index (χ4n) is 1.96. The summed E-state index contributed by atoms with van der Waals surface area (Å²) in [7, 11) is 0. The van der Waals surface area contributed by atoms with E-state index in [1.807, 2.05) is 0 Å². The van der Waals surface area contributed by atoms with E-state index in [0.717, 1.165) is 32.8 Å². The highest BCUT2D eigenvalue weighted by atomic mass is 16.5. The average molecular weight is 214 g/mol. The monoisotopic (exact) mass is 214 g/mol. The van der Waals surface area contributed by atoms with Crippen LogP contribution >= 0.6 is 0 Å². The average Bonchev–Trinajstić information content (AvgIpc) is 2.23. The Balaban J connectivity index is 2.35. The van der Waals surface area contributed by atoms with E-state index in [4.69, 9.17) is 4.74 Å². The van der Waals surface area contributed by atoms with Gasteiger partial charge in [-0.25, -0.2) is 0 Å². The topological polar surface area (TPSA) is 24.5 Å². The number of hydrogen-bond donors (Lipinski definition) is 1. The van der Waals surface area contributed by atoms with Gasteiger partial charge in [-0.3, -0.25) is 4.90 Å². The van der Waals surface area contributed by atoms with Gasteiger partial charge in [0, 0.05) is 38.3 Å². The molecule has 0 aromatic heterocycles. The molecular formula is C12H26N2O. The van der Waals surface area contributed by atoms with E-state index in [1.54, 1.807) is 0 Å². The fraction of sp³-hybridized carbons (Fsp3) is 1.00. The highest BCUT2D eigenvalue weighted by Gasteiger charge is 2.10. The van der Waals surface area contributed by atoms with Crippen LogP contribution in [0.4, 0.5) is 0 Å². The lowest BCUT2D eigenvalue weighted by molar-refractivity contribution is 0.0935. The van der Waals surface area contributed by atoms with E-state index in [2.05, 4.69) is 31.0 Å². The van der Waals surface area contributed by atoms with Gasteiger partial charge in [0.25, 0.3) is 0 Å². The molecule has 0 bridgehead atoms. The van der Waals surface area contributed by atoms with Crippen molar-refractivity contribution in [2.75, 3.05) is 32.8 Å². The number of hydrogen-bond acceptors (Lipinski definition) is 3. The molecule has 90 valence electrons. The Hall–Kier alpha value is -0.120. The van der Waals surface area contributed by atoms with Gasteiger partial charge < -0.3 is 10.1 Å². The van der Waals surface area contributed by atoms with Crippen molar-refractivity contribution in [3.8, 4) is 0 Å². The predicted molar refractivity (Wildman–Crippen MR) is 64.2 cm³/mol. The second-order valence-corrected chi connectivity index (χ2v) is 4.74. The normalized spacial score (nSPS) is 27.6. The summed E-state index contributed by atoms with van der Waals surface area (Å²) in [6.07, 6.45) is 2.40. The maximum absolute atomic E-state index is 5.62. The molecule has 0 aliphatic carbocycles. The van der Waals surface area contributed by atoms with E-state index in [0.29, 0.717) is 12.1 Å². The zero-order valence-corrected chi connectivity index (χ0v) is 10.5. The van der Waals surface area contributed by atoms with E-state index in [-0.39, 0.29) is 0 Å². The van der Waals surface area contributed by atoms with Gasteiger partial charge in [-0.1, -0.05) is 0 Å². The van der Waals surface area contributed by atoms with Crippen molar-refractivity contribution in [2.45, 2.75) is 45.7 Å². The minimum Gasteiger partial charge on any atom is -0.380 e. The van der Waals surface area contributed by atoms with Gasteiger partial charge in [0.05, 0.1) is 6.61 Å². The summed E-state index contributed by atoms with van der Waals surface area (Å²) in [5.74, 6) is 0. The SMILES string of the molecule is CC1CCCOCCN(C(C)C)CCN1. The molecule has 1 rings (SSSR count). The van der Waals surface area contributed by atoms with Crippen LogP contribution in [0.15, 0.2) is 0 Å². The molecule has 0 aromatic rings. The van der Waals surface area contributed by atoms with Crippen molar-refractivity contribution >= 4 is 0 Å². The number of nitrogens with one attached hydrogen (secondary N) is 1. The molecule has 15 heavy (non-hydrogen) atoms. The lowest BCUT2D eigenvalue weighted by Gasteiger charge is -2.26. The molecule has 3 nitrogen and oxygen atoms in total. The molecule has 1 atom stereocenters. The molecule has 1 aliphatic heterocycles. The predicted octanol–water partition coefficient (Wildman–Crippen LogP) is 1.49. The summed E-state index contributed by atoms with van der Waals surface area (Å²) >= 11 is 0. The zero-order chi connectivity index (χ0) is 11.1. The van der Waals surface area contributed by atoms with Crippen LogP contribution < -0.4 is 5.32 Å². The first-order valence-electron chi connectivity index (χ1n) is 6.25. The van der Waals surface area contributed by atoms with Gasteiger partial charge in [0.2, 0.25) is 0 Å². The largest absolute Gasteiger partial charge is 0.380 e. The van der Waals surface area contributed by atoms with Gasteiger partial charge in [0.15, 0.2) is 0 Å². The van der Waals surface area contributed by atoms with Gasteiger partial charge in [0.1, 0.15) is 0 Å². The number of rotatable bonds is 1. The summed E-state index contributed by atoms with van der Waals surface area (Å²) in [4.78, 5) is 2.48. The van der Waals surface area contributed by atoms with Gasteiger partial charge in [-0.2, -0.15) is 0 Å². The molecule has 1 unspecified atom stereocenters. The first-order chi connectivity index (χ1) is 7.20. The number of ether oxygens (including phenoxy) is 1. The van der Waals surface area contributed by atoms with Crippen LogP contribution in [-0.4, -0.2) is 49.8 Å². The van der Waals surface area contributed by atoms with Crippen molar-refractivity contribution < 1.29 is 4.74 Å². The van der Waals surface area contributed by atoms with Crippen molar-refractivity contribution in [2.24, 2.45) is 0 Å². The molecule has 0 aromatic carbocycles. The minimum atomic E-state index is 0.617. The highest BCUT2D eigenvalue weighted by molar-refractivity contribution is 4.68. The van der Waals surface area contributed by atoms with Crippen LogP contribution in [0.3, 0.4) is 0 Å². The van der Waals surface area contributed by atoms with E-state index in [9.17, 15) is 0 Å². The molecule has 1 saturated heterocycles. The molecule has 0 spiro atoms. The molecule has 1 aliphatic rings. The lowest BCUT2D eigenvalue weighted by atomic mass is 10.2. The van der Waals surface area contributed by atoms with Crippen molar-refractivity contribution in [1.29, 1.82) is 0 Å². The Bertz CT molecular complexity index is 162. The van der Waals surface area contributed by atoms with Crippen LogP contribution in [0.2, 0.25) is 0 Å². The van der Waals surface area contributed by atoms with E-state index >= 15 is 0 Å². The molecule has 1 fully saturated rings. The molecule has 3 heteroatoms. The third-order valence-electron chi connectivity index (χ3n) is 3.07. The summed E-state index contributed by atoms with van der Waals surface area (Å²) in [5.41, 5.74) is 0. The van der Waals surface area contributed by atoms with Gasteiger partial charge in [-0.05, 0) is 33.6 Å². The maximum atomic E-state index is 5.62. The molecule has 0 radical (unpaired) electrons. The van der Waals surface area contributed by atoms with Crippen molar-refractivity contribution in [3.05, 3.63) is 0 Å². The molecular weight excluding hydrogens is 188 g/mol. The Morgan fingerprint density at radius 2 is 2.07 bits per heavy atom. The van der Waals surface area contributed by atoms with Crippen molar-refractivity contribution in [1.82, 2.24) is 10.2 Å². The number of nitrogens with zero attached hydrogens (tertiary/aromatic N) is 1. The minimum absolute atomic E-state index is 0.617. The van der Waals surface area contributed by atoms with Crippen LogP contribution in [-0.2, 0) is 4.74 Å². The maximum Gasteiger partial charge on any atom is 0.0593 e. The first kappa shape index (κ1) is 12.9. The van der Waals surface area contributed by atoms with E-state index in [1.165, 1.54) is 12.8 Å². The summed E-state index contributed by atoms with van der Waals surface area (Å²) in [6, 6.07) is 1.24. The van der Waals surface area contributed by atoms with Gasteiger partial charge >= 0.3 is 0 Å². The second-order valence-electron chi connectivity index (χ2n) is 4.74. The smallest absolute Gasteiger partial charge is 0.0593 e. The Kier molecular flexibility index (Phi) is 6.22. The standard InChI is InChI=1S/C12H26N2O/c1-11(2)14-7-6-13-12(3)5-4-9-15-10-8-14/h11-13H,4-10H2,1-3H3. The highest BCUT2D eigenvalue weighted by Crippen LogP contribution is 2.01. The van der Waals surface area contributed by atoms with E-state index < -0.39 is 0 Å². The molecule has 0 saturated carbocycles. The lowest BCUT2D eigenvalue weighted by Crippen LogP contribution is -2.40. The summed E-state index contributed by atoms with van der Waals surface area (Å²) in [6.45, 7) is 11.9. The van der Waals surface area contributed by atoms with Gasteiger partial charge in [-0.15, -0.1) is 0 Å². The fourth-order valence-corrected chi connectivity index (χ4v) is 1.96. The quantitative estimate of drug-likeness (QED) is 0.715. The van der Waals surface area contributed by atoms with Crippen molar-refractivity contribution in [3.63, 3.8) is 0 Å². The van der Waals surface area contributed by atoms with Crippen LogP contribution in [0.5, 0.6) is 0 Å². The van der Waals surface area contributed by atoms with Crippen LogP contribution in [0.25, 0.3) is 0 Å². The second kappa shape index (κ2) is 7.20. The zero-order valence-electron chi connectivity index (χ0n) is 10.5. The van der Waals surface area contributed by atoms with Crippen LogP contribution in [0, 0.1) is 0 Å². The third kappa shape index (κ3) is 5.50. The summed E-state index contributed by atoms with van der Waals surface area (Å²) < 4.78 is 5.62. The molecule has 1 N–H and O–H groups in total. The van der Waals surface area contributed by atoms with Crippen LogP contribution in [0.1, 0.15) is 33.6 Å². The molecule has 0 amide bonds. The first-order valence-corrected chi connectivity index (χ1v) is 6.25. The third-order valence-corrected chi connectivity index (χ3v) is 3.07. The Morgan fingerprint density at radius 3 is 2.80 bits per heavy atom.